The molecule has 0 fully saturated rings. The third-order valence-electron chi connectivity index (χ3n) is 2.75. The second-order valence-electron chi connectivity index (χ2n) is 4.14. The molecule has 3 aromatic rings. The smallest absolute Gasteiger partial charge is 0.268 e. The molecule has 0 spiro atoms. The fraction of sp³-hybridized carbons (Fsp3) is 0. The van der Waals surface area contributed by atoms with Gasteiger partial charge in [0.2, 0.25) is 0 Å². The second-order valence-corrected chi connectivity index (χ2v) is 5.54. The summed E-state index contributed by atoms with van der Waals surface area (Å²) in [5.41, 5.74) is 6.93. The van der Waals surface area contributed by atoms with Crippen LogP contribution in [0.4, 0.5) is 15.8 Å². The number of halogens is 2. The molecule has 0 atom stereocenters. The van der Waals surface area contributed by atoms with Crippen molar-refractivity contribution >= 4 is 50.6 Å². The molecule has 106 valence electrons. The maximum absolute atomic E-state index is 13.4. The first-order chi connectivity index (χ1) is 10.1. The summed E-state index contributed by atoms with van der Waals surface area (Å²) < 4.78 is 13.4. The molecule has 0 aliphatic rings. The van der Waals surface area contributed by atoms with Crippen molar-refractivity contribution in [2.75, 3.05) is 11.1 Å². The van der Waals surface area contributed by atoms with Gasteiger partial charge >= 0.3 is 0 Å². The van der Waals surface area contributed by atoms with Gasteiger partial charge in [0.15, 0.2) is 0 Å². The fourth-order valence-corrected chi connectivity index (χ4v) is 2.81. The highest BCUT2D eigenvalue weighted by Gasteiger charge is 2.18. The number of hydrogen-bond acceptors (Lipinski definition) is 5. The quantitative estimate of drug-likeness (QED) is 0.758. The highest BCUT2D eigenvalue weighted by Crippen LogP contribution is 2.31. The molecule has 0 aliphatic carbocycles. The lowest BCUT2D eigenvalue weighted by molar-refractivity contribution is 0.103. The zero-order valence-electron chi connectivity index (χ0n) is 10.4. The Hall–Kier alpha value is -2.25. The van der Waals surface area contributed by atoms with Gasteiger partial charge in [-0.3, -0.25) is 4.79 Å². The standard InChI is InChI=1S/C13H8ClFN4OS/c14-7-2-1-6(5-8(7)15)19-12(20)11-9(16)10-13(21-11)18-4-3-17-10/h1-5H,16H2,(H,19,20). The van der Waals surface area contributed by atoms with Gasteiger partial charge in [0.25, 0.3) is 5.91 Å². The Morgan fingerprint density at radius 1 is 1.33 bits per heavy atom. The number of benzene rings is 1. The lowest BCUT2D eigenvalue weighted by atomic mass is 10.3. The number of hydrogen-bond donors (Lipinski definition) is 2. The summed E-state index contributed by atoms with van der Waals surface area (Å²) in [5.74, 6) is -1.05. The number of nitrogens with two attached hydrogens (primary N) is 1. The van der Waals surface area contributed by atoms with Crippen LogP contribution in [0.3, 0.4) is 0 Å². The van der Waals surface area contributed by atoms with Crippen LogP contribution in [0.5, 0.6) is 0 Å². The average molecular weight is 323 g/mol. The van der Waals surface area contributed by atoms with Crippen molar-refractivity contribution in [2.45, 2.75) is 0 Å². The van der Waals surface area contributed by atoms with E-state index >= 15 is 0 Å². The van der Waals surface area contributed by atoms with E-state index in [9.17, 15) is 9.18 Å². The van der Waals surface area contributed by atoms with Crippen LogP contribution < -0.4 is 11.1 Å². The van der Waals surface area contributed by atoms with Gasteiger partial charge in [-0.15, -0.1) is 11.3 Å². The lowest BCUT2D eigenvalue weighted by Crippen LogP contribution is -2.12. The lowest BCUT2D eigenvalue weighted by Gasteiger charge is -2.05. The molecular formula is C13H8ClFN4OS. The molecule has 0 radical (unpaired) electrons. The van der Waals surface area contributed by atoms with Crippen molar-refractivity contribution in [3.05, 3.63) is 46.3 Å². The predicted molar refractivity (Wildman–Crippen MR) is 81.2 cm³/mol. The van der Waals surface area contributed by atoms with Crippen LogP contribution in [0.15, 0.2) is 30.6 Å². The number of fused-ring (bicyclic) bond motifs is 1. The Morgan fingerprint density at radius 3 is 2.81 bits per heavy atom. The van der Waals surface area contributed by atoms with E-state index in [4.69, 9.17) is 17.3 Å². The number of carbonyl (C=O) groups excluding carboxylic acids is 1. The Labute approximate surface area is 127 Å². The first-order valence-electron chi connectivity index (χ1n) is 5.81. The summed E-state index contributed by atoms with van der Waals surface area (Å²) in [6.07, 6.45) is 3.02. The van der Waals surface area contributed by atoms with Crippen LogP contribution in [0.25, 0.3) is 10.3 Å². The van der Waals surface area contributed by atoms with Crippen molar-refractivity contribution in [3.8, 4) is 0 Å². The van der Waals surface area contributed by atoms with Crippen LogP contribution in [0, 0.1) is 5.82 Å². The maximum atomic E-state index is 13.4. The summed E-state index contributed by atoms with van der Waals surface area (Å²) in [7, 11) is 0. The molecule has 0 bridgehead atoms. The largest absolute Gasteiger partial charge is 0.396 e. The number of carbonyl (C=O) groups is 1. The zero-order chi connectivity index (χ0) is 15.0. The van der Waals surface area contributed by atoms with Crippen molar-refractivity contribution in [2.24, 2.45) is 0 Å². The van der Waals surface area contributed by atoms with Gasteiger partial charge in [0.1, 0.15) is 21.0 Å². The van der Waals surface area contributed by atoms with Crippen molar-refractivity contribution in [1.29, 1.82) is 0 Å². The number of anilines is 2. The van der Waals surface area contributed by atoms with E-state index in [1.807, 2.05) is 0 Å². The molecule has 8 heteroatoms. The van der Waals surface area contributed by atoms with Gasteiger partial charge in [-0.1, -0.05) is 11.6 Å². The number of rotatable bonds is 2. The van der Waals surface area contributed by atoms with Crippen LogP contribution in [-0.4, -0.2) is 15.9 Å². The molecule has 5 nitrogen and oxygen atoms in total. The summed E-state index contributed by atoms with van der Waals surface area (Å²) in [5, 5.41) is 2.55. The van der Waals surface area contributed by atoms with E-state index in [-0.39, 0.29) is 15.6 Å². The van der Waals surface area contributed by atoms with Gasteiger partial charge in [-0.25, -0.2) is 14.4 Å². The van der Waals surface area contributed by atoms with Crippen LogP contribution >= 0.6 is 22.9 Å². The van der Waals surface area contributed by atoms with Gasteiger partial charge in [0, 0.05) is 18.1 Å². The molecule has 3 N–H and O–H groups in total. The number of thiophene rings is 1. The second kappa shape index (κ2) is 5.27. The van der Waals surface area contributed by atoms with Gasteiger partial charge in [-0.05, 0) is 18.2 Å². The fourth-order valence-electron chi connectivity index (χ4n) is 1.77. The van der Waals surface area contributed by atoms with E-state index < -0.39 is 11.7 Å². The normalized spacial score (nSPS) is 10.8. The molecular weight excluding hydrogens is 315 g/mol. The molecule has 0 unspecified atom stereocenters. The Bertz CT molecular complexity index is 851. The van der Waals surface area contributed by atoms with Crippen LogP contribution in [0.1, 0.15) is 9.67 Å². The van der Waals surface area contributed by atoms with Crippen molar-refractivity contribution in [3.63, 3.8) is 0 Å². The Balaban J connectivity index is 1.93. The molecule has 2 heterocycles. The van der Waals surface area contributed by atoms with Crippen molar-refractivity contribution < 1.29 is 9.18 Å². The van der Waals surface area contributed by atoms with Crippen LogP contribution in [0.2, 0.25) is 5.02 Å². The van der Waals surface area contributed by atoms with Gasteiger partial charge < -0.3 is 11.1 Å². The Kier molecular flexibility index (Phi) is 3.44. The summed E-state index contributed by atoms with van der Waals surface area (Å²) in [6.45, 7) is 0. The molecule has 2 aromatic heterocycles. The molecule has 0 aliphatic heterocycles. The van der Waals surface area contributed by atoms with E-state index in [2.05, 4.69) is 15.3 Å². The van der Waals surface area contributed by atoms with E-state index in [0.717, 1.165) is 17.4 Å². The predicted octanol–water partition coefficient (Wildman–Crippen LogP) is 3.32. The van der Waals surface area contributed by atoms with Gasteiger partial charge in [-0.2, -0.15) is 0 Å². The molecule has 21 heavy (non-hydrogen) atoms. The Morgan fingerprint density at radius 2 is 2.10 bits per heavy atom. The minimum Gasteiger partial charge on any atom is -0.396 e. The topological polar surface area (TPSA) is 80.9 Å². The minimum atomic E-state index is -0.609. The first-order valence-corrected chi connectivity index (χ1v) is 7.01. The van der Waals surface area contributed by atoms with E-state index in [1.54, 1.807) is 0 Å². The average Bonchev–Trinajstić information content (AvgIpc) is 2.81. The summed E-state index contributed by atoms with van der Waals surface area (Å²) in [6, 6.07) is 4.01. The zero-order valence-corrected chi connectivity index (χ0v) is 12.0. The molecule has 1 aromatic carbocycles. The van der Waals surface area contributed by atoms with E-state index in [0.29, 0.717) is 16.0 Å². The number of aromatic nitrogens is 2. The number of nitrogens with one attached hydrogen (secondary N) is 1. The third-order valence-corrected chi connectivity index (χ3v) is 4.15. The third kappa shape index (κ3) is 2.53. The number of nitrogens with zero attached hydrogens (tertiary/aromatic N) is 2. The molecule has 0 saturated carbocycles. The number of nitrogen functional groups attached to an aromatic ring is 1. The summed E-state index contributed by atoms with van der Waals surface area (Å²) in [4.78, 5) is 21.2. The monoisotopic (exact) mass is 322 g/mol. The SMILES string of the molecule is Nc1c(C(=O)Nc2ccc(Cl)c(F)c2)sc2nccnc12. The van der Waals surface area contributed by atoms with E-state index in [1.165, 1.54) is 24.5 Å². The minimum absolute atomic E-state index is 0.0113. The highest BCUT2D eigenvalue weighted by atomic mass is 35.5. The molecule has 3 rings (SSSR count). The maximum Gasteiger partial charge on any atom is 0.268 e. The summed E-state index contributed by atoms with van der Waals surface area (Å²) >= 11 is 6.72. The highest BCUT2D eigenvalue weighted by molar-refractivity contribution is 7.21. The van der Waals surface area contributed by atoms with Crippen molar-refractivity contribution in [1.82, 2.24) is 9.97 Å². The number of amides is 1. The van der Waals surface area contributed by atoms with Gasteiger partial charge in [0.05, 0.1) is 10.7 Å². The first kappa shape index (κ1) is 13.7. The van der Waals surface area contributed by atoms with Crippen LogP contribution in [-0.2, 0) is 0 Å². The molecule has 0 saturated heterocycles. The molecule has 1 amide bonds.